The third-order valence-corrected chi connectivity index (χ3v) is 3.99. The number of nitrogens with one attached hydrogen (secondary N) is 1. The van der Waals surface area contributed by atoms with E-state index in [2.05, 4.69) is 26.1 Å². The van der Waals surface area contributed by atoms with Crippen LogP contribution < -0.4 is 5.32 Å². The van der Waals surface area contributed by atoms with Crippen LogP contribution in [0.3, 0.4) is 0 Å². The predicted octanol–water partition coefficient (Wildman–Crippen LogP) is 4.56. The molecule has 0 heterocycles. The van der Waals surface area contributed by atoms with Gasteiger partial charge in [0.15, 0.2) is 0 Å². The summed E-state index contributed by atoms with van der Waals surface area (Å²) >= 11 is 12.4. The summed E-state index contributed by atoms with van der Waals surface area (Å²) in [5.41, 5.74) is 1.08. The molecule has 1 N–H and O–H groups in total. The lowest BCUT2D eigenvalue weighted by Crippen LogP contribution is -2.34. The quantitative estimate of drug-likeness (QED) is 0.801. The smallest absolute Gasteiger partial charge is 0.0452 e. The van der Waals surface area contributed by atoms with Crippen molar-refractivity contribution in [1.29, 1.82) is 0 Å². The Kier molecular flexibility index (Phi) is 6.32. The van der Waals surface area contributed by atoms with Crippen molar-refractivity contribution in [2.45, 2.75) is 39.7 Å². The van der Waals surface area contributed by atoms with Crippen molar-refractivity contribution in [1.82, 2.24) is 5.32 Å². The van der Waals surface area contributed by atoms with E-state index >= 15 is 0 Å². The van der Waals surface area contributed by atoms with Crippen LogP contribution in [0, 0.1) is 5.92 Å². The van der Waals surface area contributed by atoms with Gasteiger partial charge in [-0.15, -0.1) is 0 Å². The van der Waals surface area contributed by atoms with Gasteiger partial charge >= 0.3 is 0 Å². The molecule has 0 fully saturated rings. The van der Waals surface area contributed by atoms with E-state index in [9.17, 15) is 0 Å². The van der Waals surface area contributed by atoms with Crippen molar-refractivity contribution >= 4 is 23.2 Å². The van der Waals surface area contributed by atoms with Crippen LogP contribution in [0.25, 0.3) is 0 Å². The summed E-state index contributed by atoms with van der Waals surface area (Å²) in [6.07, 6.45) is 2.05. The molecule has 0 aromatic heterocycles. The average molecular weight is 274 g/mol. The molecule has 0 saturated heterocycles. The van der Waals surface area contributed by atoms with E-state index in [0.717, 1.165) is 35.0 Å². The highest BCUT2D eigenvalue weighted by Gasteiger charge is 2.17. The maximum absolute atomic E-state index is 6.21. The molecule has 0 amide bonds. The van der Waals surface area contributed by atoms with E-state index in [1.807, 2.05) is 18.2 Å². The number of rotatable bonds is 6. The molecule has 96 valence electrons. The fourth-order valence-corrected chi connectivity index (χ4v) is 2.70. The zero-order valence-electron chi connectivity index (χ0n) is 10.8. The molecule has 17 heavy (non-hydrogen) atoms. The Morgan fingerprint density at radius 2 is 1.76 bits per heavy atom. The Bertz CT molecular complexity index is 332. The molecular weight excluding hydrogens is 253 g/mol. The lowest BCUT2D eigenvalue weighted by molar-refractivity contribution is 0.368. The summed E-state index contributed by atoms with van der Waals surface area (Å²) in [6, 6.07) is 6.20. The van der Waals surface area contributed by atoms with Gasteiger partial charge in [0.25, 0.3) is 0 Å². The highest BCUT2D eigenvalue weighted by Crippen LogP contribution is 2.28. The van der Waals surface area contributed by atoms with Gasteiger partial charge in [0.05, 0.1) is 0 Å². The van der Waals surface area contributed by atoms with Crippen molar-refractivity contribution in [2.24, 2.45) is 5.92 Å². The van der Waals surface area contributed by atoms with Gasteiger partial charge in [-0.1, -0.05) is 49.5 Å². The SMILES string of the molecule is CCNC(C)C(CC)Cc1c(Cl)cccc1Cl. The molecule has 1 aromatic rings. The minimum Gasteiger partial charge on any atom is -0.314 e. The van der Waals surface area contributed by atoms with Crippen molar-refractivity contribution in [3.63, 3.8) is 0 Å². The van der Waals surface area contributed by atoms with E-state index in [1.165, 1.54) is 0 Å². The summed E-state index contributed by atoms with van der Waals surface area (Å²) < 4.78 is 0. The van der Waals surface area contributed by atoms with Crippen molar-refractivity contribution < 1.29 is 0 Å². The van der Waals surface area contributed by atoms with Gasteiger partial charge in [-0.2, -0.15) is 0 Å². The van der Waals surface area contributed by atoms with Crippen LogP contribution in [-0.4, -0.2) is 12.6 Å². The molecule has 0 spiro atoms. The van der Waals surface area contributed by atoms with E-state index in [-0.39, 0.29) is 0 Å². The molecule has 0 saturated carbocycles. The lowest BCUT2D eigenvalue weighted by atomic mass is 9.90. The Balaban J connectivity index is 2.80. The van der Waals surface area contributed by atoms with E-state index in [1.54, 1.807) is 0 Å². The number of halogens is 2. The fraction of sp³-hybridized carbons (Fsp3) is 0.571. The van der Waals surface area contributed by atoms with Crippen LogP contribution in [-0.2, 0) is 6.42 Å². The fourth-order valence-electron chi connectivity index (χ4n) is 2.15. The van der Waals surface area contributed by atoms with Crippen molar-refractivity contribution in [3.8, 4) is 0 Å². The number of hydrogen-bond acceptors (Lipinski definition) is 1. The van der Waals surface area contributed by atoms with E-state index in [0.29, 0.717) is 12.0 Å². The molecule has 2 unspecified atom stereocenters. The molecule has 0 radical (unpaired) electrons. The molecule has 2 atom stereocenters. The van der Waals surface area contributed by atoms with Crippen molar-refractivity contribution in [3.05, 3.63) is 33.8 Å². The molecular formula is C14H21Cl2N. The third kappa shape index (κ3) is 4.17. The molecule has 1 nitrogen and oxygen atoms in total. The van der Waals surface area contributed by atoms with Crippen LogP contribution in [0.15, 0.2) is 18.2 Å². The van der Waals surface area contributed by atoms with Crippen LogP contribution in [0.4, 0.5) is 0 Å². The summed E-state index contributed by atoms with van der Waals surface area (Å²) in [7, 11) is 0. The van der Waals surface area contributed by atoms with Gasteiger partial charge in [0, 0.05) is 16.1 Å². The van der Waals surface area contributed by atoms with Crippen LogP contribution in [0.5, 0.6) is 0 Å². The van der Waals surface area contributed by atoms with Gasteiger partial charge in [-0.3, -0.25) is 0 Å². The highest BCUT2D eigenvalue weighted by molar-refractivity contribution is 6.35. The summed E-state index contributed by atoms with van der Waals surface area (Å²) in [5.74, 6) is 0.562. The second-order valence-electron chi connectivity index (χ2n) is 4.42. The molecule has 1 aromatic carbocycles. The standard InChI is InChI=1S/C14H21Cl2N/c1-4-11(10(3)17-5-2)9-12-13(15)7-6-8-14(12)16/h6-8,10-11,17H,4-5,9H2,1-3H3. The highest BCUT2D eigenvalue weighted by atomic mass is 35.5. The Labute approximate surface area is 115 Å². The Hall–Kier alpha value is -0.240. The largest absolute Gasteiger partial charge is 0.314 e. The molecule has 0 bridgehead atoms. The molecule has 3 heteroatoms. The molecule has 0 aliphatic carbocycles. The lowest BCUT2D eigenvalue weighted by Gasteiger charge is -2.24. The van der Waals surface area contributed by atoms with Crippen molar-refractivity contribution in [2.75, 3.05) is 6.54 Å². The topological polar surface area (TPSA) is 12.0 Å². The van der Waals surface area contributed by atoms with Crippen LogP contribution >= 0.6 is 23.2 Å². The van der Waals surface area contributed by atoms with Crippen LogP contribution in [0.1, 0.15) is 32.8 Å². The van der Waals surface area contributed by atoms with Gasteiger partial charge in [0.1, 0.15) is 0 Å². The maximum atomic E-state index is 6.21. The first-order chi connectivity index (χ1) is 8.10. The minimum absolute atomic E-state index is 0.484. The summed E-state index contributed by atoms with van der Waals surface area (Å²) in [4.78, 5) is 0. The van der Waals surface area contributed by atoms with Gasteiger partial charge < -0.3 is 5.32 Å². The predicted molar refractivity (Wildman–Crippen MR) is 77.1 cm³/mol. The molecule has 1 rings (SSSR count). The normalized spacial score (nSPS) is 14.6. The minimum atomic E-state index is 0.484. The summed E-state index contributed by atoms with van der Waals surface area (Å²) in [6.45, 7) is 7.56. The van der Waals surface area contributed by atoms with Gasteiger partial charge in [-0.25, -0.2) is 0 Å². The number of benzene rings is 1. The van der Waals surface area contributed by atoms with E-state index < -0.39 is 0 Å². The first-order valence-electron chi connectivity index (χ1n) is 6.26. The second-order valence-corrected chi connectivity index (χ2v) is 5.23. The molecule has 0 aliphatic heterocycles. The monoisotopic (exact) mass is 273 g/mol. The Morgan fingerprint density at radius 3 is 2.24 bits per heavy atom. The van der Waals surface area contributed by atoms with E-state index in [4.69, 9.17) is 23.2 Å². The Morgan fingerprint density at radius 1 is 1.18 bits per heavy atom. The first kappa shape index (κ1) is 14.8. The first-order valence-corrected chi connectivity index (χ1v) is 7.02. The summed E-state index contributed by atoms with van der Waals surface area (Å²) in [5, 5.41) is 5.02. The zero-order valence-corrected chi connectivity index (χ0v) is 12.3. The molecule has 0 aliphatic rings. The maximum Gasteiger partial charge on any atom is 0.0452 e. The number of hydrogen-bond donors (Lipinski definition) is 1. The van der Waals surface area contributed by atoms with Crippen LogP contribution in [0.2, 0.25) is 10.0 Å². The third-order valence-electron chi connectivity index (χ3n) is 3.29. The second kappa shape index (κ2) is 7.25. The van der Waals surface area contributed by atoms with Gasteiger partial charge in [0.2, 0.25) is 0 Å². The zero-order chi connectivity index (χ0) is 12.8. The average Bonchev–Trinajstić information content (AvgIpc) is 2.29. The van der Waals surface area contributed by atoms with Gasteiger partial charge in [-0.05, 0) is 43.5 Å².